The second kappa shape index (κ2) is 7.13. The molecule has 0 aliphatic heterocycles. The smallest absolute Gasteiger partial charge is 0.0637 e. The van der Waals surface area contributed by atoms with Gasteiger partial charge in [0.15, 0.2) is 0 Å². The highest BCUT2D eigenvalue weighted by Crippen LogP contribution is 2.25. The first-order chi connectivity index (χ1) is 7.65. The summed E-state index contributed by atoms with van der Waals surface area (Å²) < 4.78 is 0. The Labute approximate surface area is 107 Å². The Morgan fingerprint density at radius 3 is 2.81 bits per heavy atom. The molecule has 1 unspecified atom stereocenters. The van der Waals surface area contributed by atoms with Crippen molar-refractivity contribution in [1.82, 2.24) is 5.32 Å². The van der Waals surface area contributed by atoms with Gasteiger partial charge in [0.2, 0.25) is 0 Å². The lowest BCUT2D eigenvalue weighted by molar-refractivity contribution is 0.159. The number of aliphatic hydroxyl groups excluding tert-OH is 1. The Bertz CT molecular complexity index is 331. The van der Waals surface area contributed by atoms with Gasteiger partial charge in [0, 0.05) is 6.54 Å². The van der Waals surface area contributed by atoms with Crippen molar-refractivity contribution in [2.75, 3.05) is 6.54 Å². The molecule has 0 aliphatic rings. The van der Waals surface area contributed by atoms with Gasteiger partial charge < -0.3 is 10.4 Å². The maximum absolute atomic E-state index is 9.37. The van der Waals surface area contributed by atoms with Crippen molar-refractivity contribution in [2.45, 2.75) is 32.4 Å². The van der Waals surface area contributed by atoms with Gasteiger partial charge in [0.05, 0.1) is 16.1 Å². The van der Waals surface area contributed by atoms with E-state index in [4.69, 9.17) is 23.2 Å². The second-order valence-corrected chi connectivity index (χ2v) is 4.53. The third kappa shape index (κ3) is 4.30. The summed E-state index contributed by atoms with van der Waals surface area (Å²) in [6.45, 7) is 3.42. The molecule has 2 N–H and O–H groups in total. The fourth-order valence-electron chi connectivity index (χ4n) is 1.38. The van der Waals surface area contributed by atoms with E-state index in [-0.39, 0.29) is 6.10 Å². The minimum Gasteiger partial charge on any atom is -0.393 e. The van der Waals surface area contributed by atoms with Crippen molar-refractivity contribution in [3.63, 3.8) is 0 Å². The lowest BCUT2D eigenvalue weighted by Gasteiger charge is -2.10. The maximum Gasteiger partial charge on any atom is 0.0637 e. The summed E-state index contributed by atoms with van der Waals surface area (Å²) in [5.74, 6) is 0. The van der Waals surface area contributed by atoms with Gasteiger partial charge in [-0.2, -0.15) is 0 Å². The molecule has 1 aromatic rings. The molecule has 1 aromatic carbocycles. The van der Waals surface area contributed by atoms with Gasteiger partial charge in [-0.1, -0.05) is 42.3 Å². The van der Waals surface area contributed by atoms with Crippen molar-refractivity contribution < 1.29 is 5.11 Å². The zero-order valence-electron chi connectivity index (χ0n) is 9.34. The normalized spacial score (nSPS) is 12.8. The Morgan fingerprint density at radius 2 is 2.12 bits per heavy atom. The standard InChI is InChI=1S/C12H17Cl2NO/c1-2-10(16)6-7-15-8-9-4-3-5-11(13)12(9)14/h3-5,10,15-16H,2,6-8H2,1H3. The third-order valence-electron chi connectivity index (χ3n) is 2.47. The van der Waals surface area contributed by atoms with Crippen molar-refractivity contribution in [3.05, 3.63) is 33.8 Å². The van der Waals surface area contributed by atoms with Crippen LogP contribution in [0.3, 0.4) is 0 Å². The molecule has 2 nitrogen and oxygen atoms in total. The summed E-state index contributed by atoms with van der Waals surface area (Å²) in [6.07, 6.45) is 1.33. The minimum atomic E-state index is -0.220. The van der Waals surface area contributed by atoms with Gasteiger partial charge in [-0.15, -0.1) is 0 Å². The van der Waals surface area contributed by atoms with Crippen LogP contribution in [0.1, 0.15) is 25.3 Å². The quantitative estimate of drug-likeness (QED) is 0.771. The summed E-state index contributed by atoms with van der Waals surface area (Å²) in [5, 5.41) is 13.8. The van der Waals surface area contributed by atoms with Crippen LogP contribution in [0.2, 0.25) is 10.0 Å². The van der Waals surface area contributed by atoms with E-state index in [0.29, 0.717) is 16.6 Å². The predicted octanol–water partition coefficient (Wildman–Crippen LogP) is 3.24. The van der Waals surface area contributed by atoms with E-state index in [2.05, 4.69) is 5.32 Å². The van der Waals surface area contributed by atoms with Crippen molar-refractivity contribution in [1.29, 1.82) is 0 Å². The van der Waals surface area contributed by atoms with Gasteiger partial charge in [0.1, 0.15) is 0 Å². The van der Waals surface area contributed by atoms with Crippen LogP contribution >= 0.6 is 23.2 Å². The Balaban J connectivity index is 2.35. The molecule has 1 rings (SSSR count). The highest BCUT2D eigenvalue weighted by Gasteiger charge is 2.04. The van der Waals surface area contributed by atoms with E-state index in [0.717, 1.165) is 24.9 Å². The number of nitrogens with one attached hydrogen (secondary N) is 1. The van der Waals surface area contributed by atoms with Crippen LogP contribution in [0, 0.1) is 0 Å². The average molecular weight is 262 g/mol. The number of aliphatic hydroxyl groups is 1. The molecule has 0 saturated heterocycles. The van der Waals surface area contributed by atoms with Crippen molar-refractivity contribution >= 4 is 23.2 Å². The molecule has 0 saturated carbocycles. The molecule has 0 aliphatic carbocycles. The van der Waals surface area contributed by atoms with Crippen LogP contribution in [-0.2, 0) is 6.54 Å². The summed E-state index contributed by atoms with van der Waals surface area (Å²) >= 11 is 11.9. The molecule has 90 valence electrons. The molecular weight excluding hydrogens is 245 g/mol. The van der Waals surface area contributed by atoms with Gasteiger partial charge in [-0.25, -0.2) is 0 Å². The maximum atomic E-state index is 9.37. The van der Waals surface area contributed by atoms with Crippen LogP contribution in [-0.4, -0.2) is 17.8 Å². The molecular formula is C12H17Cl2NO. The highest BCUT2D eigenvalue weighted by molar-refractivity contribution is 6.42. The summed E-state index contributed by atoms with van der Waals surface area (Å²) in [7, 11) is 0. The highest BCUT2D eigenvalue weighted by atomic mass is 35.5. The van der Waals surface area contributed by atoms with Crippen LogP contribution in [0.5, 0.6) is 0 Å². The summed E-state index contributed by atoms with van der Waals surface area (Å²) in [5.41, 5.74) is 0.986. The number of hydrogen-bond acceptors (Lipinski definition) is 2. The first kappa shape index (κ1) is 13.8. The van der Waals surface area contributed by atoms with Crippen LogP contribution < -0.4 is 5.32 Å². The first-order valence-corrected chi connectivity index (χ1v) is 6.22. The zero-order chi connectivity index (χ0) is 12.0. The lowest BCUT2D eigenvalue weighted by atomic mass is 10.2. The first-order valence-electron chi connectivity index (χ1n) is 5.46. The summed E-state index contributed by atoms with van der Waals surface area (Å²) in [4.78, 5) is 0. The Hall–Kier alpha value is -0.280. The largest absolute Gasteiger partial charge is 0.393 e. The van der Waals surface area contributed by atoms with Crippen molar-refractivity contribution in [3.8, 4) is 0 Å². The van der Waals surface area contributed by atoms with Gasteiger partial charge >= 0.3 is 0 Å². The molecule has 0 radical (unpaired) electrons. The second-order valence-electron chi connectivity index (χ2n) is 3.74. The molecule has 0 amide bonds. The molecule has 0 spiro atoms. The minimum absolute atomic E-state index is 0.220. The Kier molecular flexibility index (Phi) is 6.14. The van der Waals surface area contributed by atoms with E-state index in [1.807, 2.05) is 19.1 Å². The van der Waals surface area contributed by atoms with E-state index >= 15 is 0 Å². The molecule has 0 aromatic heterocycles. The number of rotatable bonds is 6. The monoisotopic (exact) mass is 261 g/mol. The lowest BCUT2D eigenvalue weighted by Crippen LogP contribution is -2.19. The molecule has 4 heteroatoms. The molecule has 0 bridgehead atoms. The zero-order valence-corrected chi connectivity index (χ0v) is 10.9. The average Bonchev–Trinajstić information content (AvgIpc) is 2.29. The number of benzene rings is 1. The topological polar surface area (TPSA) is 32.3 Å². The van der Waals surface area contributed by atoms with Crippen LogP contribution in [0.25, 0.3) is 0 Å². The molecule has 1 atom stereocenters. The number of halogens is 2. The van der Waals surface area contributed by atoms with E-state index in [9.17, 15) is 5.11 Å². The molecule has 0 fully saturated rings. The van der Waals surface area contributed by atoms with Crippen molar-refractivity contribution in [2.24, 2.45) is 0 Å². The van der Waals surface area contributed by atoms with Crippen LogP contribution in [0.4, 0.5) is 0 Å². The predicted molar refractivity (Wildman–Crippen MR) is 69.1 cm³/mol. The molecule has 0 heterocycles. The molecule has 16 heavy (non-hydrogen) atoms. The van der Waals surface area contributed by atoms with Gasteiger partial charge in [0.25, 0.3) is 0 Å². The van der Waals surface area contributed by atoms with Gasteiger partial charge in [-0.05, 0) is 31.0 Å². The van der Waals surface area contributed by atoms with E-state index in [1.54, 1.807) is 6.07 Å². The van der Waals surface area contributed by atoms with E-state index in [1.165, 1.54) is 0 Å². The van der Waals surface area contributed by atoms with Gasteiger partial charge in [-0.3, -0.25) is 0 Å². The number of hydrogen-bond donors (Lipinski definition) is 2. The van der Waals surface area contributed by atoms with E-state index < -0.39 is 0 Å². The summed E-state index contributed by atoms with van der Waals surface area (Å²) in [6, 6.07) is 5.60. The fraction of sp³-hybridized carbons (Fsp3) is 0.500. The Morgan fingerprint density at radius 1 is 1.38 bits per heavy atom. The van der Waals surface area contributed by atoms with Crippen LogP contribution in [0.15, 0.2) is 18.2 Å². The SMILES string of the molecule is CCC(O)CCNCc1cccc(Cl)c1Cl. The fourth-order valence-corrected chi connectivity index (χ4v) is 1.77. The third-order valence-corrected chi connectivity index (χ3v) is 3.33.